The molecular weight excluding hydrogens is 550 g/mol. The van der Waals surface area contributed by atoms with Gasteiger partial charge in [-0.05, 0) is 69.9 Å². The second-order valence-corrected chi connectivity index (χ2v) is 11.9. The van der Waals surface area contributed by atoms with Gasteiger partial charge in [0.05, 0.1) is 6.04 Å². The van der Waals surface area contributed by atoms with Crippen molar-refractivity contribution in [1.82, 2.24) is 24.0 Å². The fourth-order valence-electron chi connectivity index (χ4n) is 5.22. The molecule has 1 amide bonds. The number of piperidine rings is 1. The average Bonchev–Trinajstić information content (AvgIpc) is 3.41. The van der Waals surface area contributed by atoms with Gasteiger partial charge in [-0.25, -0.2) is 14.6 Å². The van der Waals surface area contributed by atoms with Crippen LogP contribution in [0, 0.1) is 0 Å². The minimum atomic E-state index is -0.555. The number of hydrogen-bond acceptors (Lipinski definition) is 7. The van der Waals surface area contributed by atoms with E-state index in [1.807, 2.05) is 32.9 Å². The van der Waals surface area contributed by atoms with Gasteiger partial charge in [0, 0.05) is 38.2 Å². The third-order valence-corrected chi connectivity index (χ3v) is 7.55. The van der Waals surface area contributed by atoms with E-state index in [2.05, 4.69) is 9.97 Å². The maximum absolute atomic E-state index is 13.1. The summed E-state index contributed by atoms with van der Waals surface area (Å²) in [5.74, 6) is 1.05. The molecule has 2 aromatic carbocycles. The monoisotopic (exact) mass is 587 g/mol. The molecule has 226 valence electrons. The van der Waals surface area contributed by atoms with Gasteiger partial charge in [0.1, 0.15) is 29.3 Å². The number of imidazole rings is 1. The van der Waals surface area contributed by atoms with Crippen LogP contribution in [-0.4, -0.2) is 60.7 Å². The van der Waals surface area contributed by atoms with E-state index in [0.29, 0.717) is 47.9 Å². The summed E-state index contributed by atoms with van der Waals surface area (Å²) in [6, 6.07) is 14.1. The molecule has 0 radical (unpaired) electrons. The van der Waals surface area contributed by atoms with Gasteiger partial charge >= 0.3 is 11.8 Å². The number of aromatic nitrogens is 4. The minimum Gasteiger partial charge on any atom is -0.491 e. The Balaban J connectivity index is 1.20. The van der Waals surface area contributed by atoms with E-state index in [9.17, 15) is 19.2 Å². The second-order valence-electron chi connectivity index (χ2n) is 11.9. The molecule has 1 fully saturated rings. The maximum atomic E-state index is 13.1. The van der Waals surface area contributed by atoms with Gasteiger partial charge in [-0.15, -0.1) is 0 Å². The fourth-order valence-corrected chi connectivity index (χ4v) is 5.22. The standard InChI is InChI=1S/C32H37N5O6/c1-32(2,3)43-31(41)37-17-7-6-8-23(37)19-42-24-15-13-22(14-16-24)27(38)21-11-9-20(10-12-21)18-25-33-26-28(34-25)35(4)30(40)36(5)29(26)39/h9-16,23H,6-8,17-19H2,1-5H3,(H,33,34). The highest BCUT2D eigenvalue weighted by Gasteiger charge is 2.31. The number of ether oxygens (including phenoxy) is 2. The number of benzene rings is 2. The number of H-pyrrole nitrogens is 1. The van der Waals surface area contributed by atoms with Crippen LogP contribution in [0.25, 0.3) is 11.2 Å². The zero-order chi connectivity index (χ0) is 30.9. The lowest BCUT2D eigenvalue weighted by atomic mass is 10.0. The fraction of sp³-hybridized carbons (Fsp3) is 0.406. The normalized spacial score (nSPS) is 15.5. The highest BCUT2D eigenvalue weighted by molar-refractivity contribution is 6.09. The van der Waals surface area contributed by atoms with Crippen molar-refractivity contribution in [3.8, 4) is 5.75 Å². The van der Waals surface area contributed by atoms with Crippen LogP contribution in [0.5, 0.6) is 5.75 Å². The van der Waals surface area contributed by atoms with Gasteiger partial charge in [-0.1, -0.05) is 24.3 Å². The largest absolute Gasteiger partial charge is 0.491 e. The number of carbonyl (C=O) groups is 2. The molecule has 1 aliphatic rings. The van der Waals surface area contributed by atoms with Crippen LogP contribution >= 0.6 is 0 Å². The molecule has 0 saturated carbocycles. The summed E-state index contributed by atoms with van der Waals surface area (Å²) >= 11 is 0. The Labute approximate surface area is 249 Å². The Morgan fingerprint density at radius 1 is 0.953 bits per heavy atom. The number of likely N-dealkylation sites (tertiary alicyclic amines) is 1. The first-order chi connectivity index (χ1) is 20.4. The summed E-state index contributed by atoms with van der Waals surface area (Å²) < 4.78 is 14.0. The van der Waals surface area contributed by atoms with E-state index in [0.717, 1.165) is 29.4 Å². The Morgan fingerprint density at radius 3 is 2.26 bits per heavy atom. The molecule has 1 N–H and O–H groups in total. The predicted octanol–water partition coefficient (Wildman–Crippen LogP) is 3.95. The first-order valence-electron chi connectivity index (χ1n) is 14.4. The zero-order valence-electron chi connectivity index (χ0n) is 25.2. The first-order valence-corrected chi connectivity index (χ1v) is 14.4. The molecule has 0 aliphatic carbocycles. The van der Waals surface area contributed by atoms with Crippen LogP contribution in [-0.2, 0) is 25.3 Å². The molecule has 3 heterocycles. The molecule has 1 aliphatic heterocycles. The topological polar surface area (TPSA) is 129 Å². The zero-order valence-corrected chi connectivity index (χ0v) is 25.2. The third kappa shape index (κ3) is 6.55. The molecule has 2 aromatic heterocycles. The van der Waals surface area contributed by atoms with E-state index in [1.54, 1.807) is 48.3 Å². The van der Waals surface area contributed by atoms with Crippen LogP contribution in [0.3, 0.4) is 0 Å². The average molecular weight is 588 g/mol. The number of aromatic amines is 1. The molecule has 1 atom stereocenters. The Kier molecular flexibility index (Phi) is 8.25. The number of nitrogens with zero attached hydrogens (tertiary/aromatic N) is 4. The number of nitrogens with one attached hydrogen (secondary N) is 1. The number of rotatable bonds is 7. The van der Waals surface area contributed by atoms with Crippen molar-refractivity contribution < 1.29 is 19.1 Å². The lowest BCUT2D eigenvalue weighted by Gasteiger charge is -2.36. The SMILES string of the molecule is Cn1c(=O)c2[nH]c(Cc3ccc(C(=O)c4ccc(OCC5CCCCN5C(=O)OC(C)(C)C)cc4)cc3)nc2n(C)c1=O. The van der Waals surface area contributed by atoms with Crippen LogP contribution in [0.4, 0.5) is 4.79 Å². The van der Waals surface area contributed by atoms with E-state index in [1.165, 1.54) is 11.6 Å². The summed E-state index contributed by atoms with van der Waals surface area (Å²) in [6.07, 6.45) is 2.90. The van der Waals surface area contributed by atoms with Crippen molar-refractivity contribution in [2.24, 2.45) is 14.1 Å². The van der Waals surface area contributed by atoms with Gasteiger partial charge in [-0.3, -0.25) is 18.7 Å². The second kappa shape index (κ2) is 11.9. The van der Waals surface area contributed by atoms with Crippen molar-refractivity contribution in [2.75, 3.05) is 13.2 Å². The summed E-state index contributed by atoms with van der Waals surface area (Å²) in [6.45, 7) is 6.57. The summed E-state index contributed by atoms with van der Waals surface area (Å²) in [7, 11) is 3.00. The van der Waals surface area contributed by atoms with Gasteiger partial charge < -0.3 is 19.4 Å². The predicted molar refractivity (Wildman–Crippen MR) is 162 cm³/mol. The summed E-state index contributed by atoms with van der Waals surface area (Å²) in [5.41, 5.74) is 1.12. The van der Waals surface area contributed by atoms with E-state index in [-0.39, 0.29) is 23.4 Å². The van der Waals surface area contributed by atoms with Crippen LogP contribution in [0.15, 0.2) is 58.1 Å². The number of fused-ring (bicyclic) bond motifs is 1. The molecule has 0 spiro atoms. The molecule has 11 nitrogen and oxygen atoms in total. The molecule has 0 bridgehead atoms. The van der Waals surface area contributed by atoms with Crippen LogP contribution in [0.2, 0.25) is 0 Å². The van der Waals surface area contributed by atoms with Crippen molar-refractivity contribution in [1.29, 1.82) is 0 Å². The van der Waals surface area contributed by atoms with Crippen LogP contribution in [0.1, 0.15) is 67.3 Å². The number of ketones is 1. The number of hydrogen-bond donors (Lipinski definition) is 1. The Hall–Kier alpha value is -4.67. The van der Waals surface area contributed by atoms with E-state index < -0.39 is 16.9 Å². The lowest BCUT2D eigenvalue weighted by Crippen LogP contribution is -2.48. The highest BCUT2D eigenvalue weighted by atomic mass is 16.6. The van der Waals surface area contributed by atoms with Gasteiger partial charge in [0.15, 0.2) is 11.4 Å². The van der Waals surface area contributed by atoms with Crippen LogP contribution < -0.4 is 16.0 Å². The Morgan fingerprint density at radius 2 is 1.60 bits per heavy atom. The third-order valence-electron chi connectivity index (χ3n) is 7.55. The van der Waals surface area contributed by atoms with Gasteiger partial charge in [0.25, 0.3) is 5.56 Å². The highest BCUT2D eigenvalue weighted by Crippen LogP contribution is 2.23. The summed E-state index contributed by atoms with van der Waals surface area (Å²) in [5, 5.41) is 0. The van der Waals surface area contributed by atoms with Crippen molar-refractivity contribution in [3.63, 3.8) is 0 Å². The van der Waals surface area contributed by atoms with Crippen molar-refractivity contribution in [3.05, 3.63) is 91.9 Å². The van der Waals surface area contributed by atoms with Crippen molar-refractivity contribution >= 4 is 23.0 Å². The van der Waals surface area contributed by atoms with E-state index >= 15 is 0 Å². The molecule has 11 heteroatoms. The van der Waals surface area contributed by atoms with Gasteiger partial charge in [-0.2, -0.15) is 0 Å². The molecule has 4 aromatic rings. The quantitative estimate of drug-likeness (QED) is 0.324. The Bertz CT molecular complexity index is 1760. The molecule has 1 unspecified atom stereocenters. The number of amides is 1. The summed E-state index contributed by atoms with van der Waals surface area (Å²) in [4.78, 5) is 59.7. The lowest BCUT2D eigenvalue weighted by molar-refractivity contribution is 0.00359. The smallest absolute Gasteiger partial charge is 0.410 e. The minimum absolute atomic E-state index is 0.0692. The maximum Gasteiger partial charge on any atom is 0.410 e. The number of aryl methyl sites for hydroxylation is 1. The molecule has 5 rings (SSSR count). The van der Waals surface area contributed by atoms with E-state index in [4.69, 9.17) is 9.47 Å². The number of carbonyl (C=O) groups excluding carboxylic acids is 2. The molecule has 43 heavy (non-hydrogen) atoms. The molecular formula is C32H37N5O6. The first kappa shape index (κ1) is 29.8. The van der Waals surface area contributed by atoms with Crippen molar-refractivity contribution in [2.45, 2.75) is 58.1 Å². The molecule has 1 saturated heterocycles. The van der Waals surface area contributed by atoms with Gasteiger partial charge in [0.2, 0.25) is 0 Å².